The Hall–Kier alpha value is -4.00. The second-order valence-corrected chi connectivity index (χ2v) is 6.14. The van der Waals surface area contributed by atoms with Crippen molar-refractivity contribution in [2.75, 3.05) is 11.9 Å². The molecule has 0 unspecified atom stereocenters. The summed E-state index contributed by atoms with van der Waals surface area (Å²) < 4.78 is 4.93. The fourth-order valence-electron chi connectivity index (χ4n) is 3.10. The highest BCUT2D eigenvalue weighted by molar-refractivity contribution is 6.30. The molecule has 0 spiro atoms. The third kappa shape index (κ3) is 2.99. The van der Waals surface area contributed by atoms with Crippen LogP contribution >= 0.6 is 0 Å². The lowest BCUT2D eigenvalue weighted by Gasteiger charge is -2.20. The van der Waals surface area contributed by atoms with E-state index in [9.17, 15) is 19.2 Å². The SMILES string of the molecule is O=C(COC(=O)c1ccc[nH]1)Nc1cccc2c1C(=O)c1ccccc1C2=O. The van der Waals surface area contributed by atoms with Crippen molar-refractivity contribution in [3.8, 4) is 0 Å². The van der Waals surface area contributed by atoms with E-state index in [0.29, 0.717) is 11.1 Å². The zero-order valence-corrected chi connectivity index (χ0v) is 14.5. The molecule has 0 aliphatic heterocycles. The summed E-state index contributed by atoms with van der Waals surface area (Å²) in [5, 5.41) is 2.55. The normalized spacial score (nSPS) is 12.1. The summed E-state index contributed by atoms with van der Waals surface area (Å²) in [4.78, 5) is 52.3. The van der Waals surface area contributed by atoms with E-state index in [2.05, 4.69) is 10.3 Å². The first-order valence-corrected chi connectivity index (χ1v) is 8.48. The van der Waals surface area contributed by atoms with Gasteiger partial charge in [0.15, 0.2) is 18.2 Å². The van der Waals surface area contributed by atoms with Crippen molar-refractivity contribution in [2.24, 2.45) is 0 Å². The molecule has 1 heterocycles. The van der Waals surface area contributed by atoms with Gasteiger partial charge >= 0.3 is 5.97 Å². The molecule has 2 aromatic carbocycles. The van der Waals surface area contributed by atoms with Crippen molar-refractivity contribution >= 4 is 29.1 Å². The van der Waals surface area contributed by atoms with Crippen LogP contribution in [0, 0.1) is 0 Å². The number of hydrogen-bond donors (Lipinski definition) is 2. The Labute approximate surface area is 159 Å². The summed E-state index contributed by atoms with van der Waals surface area (Å²) in [6.07, 6.45) is 1.56. The lowest BCUT2D eigenvalue weighted by atomic mass is 9.83. The first kappa shape index (κ1) is 17.4. The van der Waals surface area contributed by atoms with Crippen LogP contribution in [0.15, 0.2) is 60.8 Å². The number of fused-ring (bicyclic) bond motifs is 2. The largest absolute Gasteiger partial charge is 0.451 e. The van der Waals surface area contributed by atoms with E-state index in [1.807, 2.05) is 0 Å². The average Bonchev–Trinajstić information content (AvgIpc) is 3.25. The van der Waals surface area contributed by atoms with Gasteiger partial charge in [-0.15, -0.1) is 0 Å². The number of carbonyl (C=O) groups is 4. The van der Waals surface area contributed by atoms with Crippen LogP contribution in [0.1, 0.15) is 42.3 Å². The predicted molar refractivity (Wildman–Crippen MR) is 99.5 cm³/mol. The van der Waals surface area contributed by atoms with Crippen LogP contribution in [-0.4, -0.2) is 35.0 Å². The zero-order chi connectivity index (χ0) is 19.7. The predicted octanol–water partition coefficient (Wildman–Crippen LogP) is 2.59. The number of nitrogens with one attached hydrogen (secondary N) is 2. The van der Waals surface area contributed by atoms with Gasteiger partial charge in [0.1, 0.15) is 5.69 Å². The smallest absolute Gasteiger partial charge is 0.355 e. The van der Waals surface area contributed by atoms with Crippen LogP contribution in [0.3, 0.4) is 0 Å². The quantitative estimate of drug-likeness (QED) is 0.534. The lowest BCUT2D eigenvalue weighted by molar-refractivity contribution is -0.119. The Morgan fingerprint density at radius 3 is 2.29 bits per heavy atom. The third-order valence-corrected chi connectivity index (χ3v) is 4.38. The van der Waals surface area contributed by atoms with E-state index in [4.69, 9.17) is 4.74 Å². The molecule has 0 saturated carbocycles. The highest BCUT2D eigenvalue weighted by Gasteiger charge is 2.31. The maximum Gasteiger partial charge on any atom is 0.355 e. The molecule has 1 aliphatic carbocycles. The average molecular weight is 374 g/mol. The fourth-order valence-corrected chi connectivity index (χ4v) is 3.10. The molecule has 138 valence electrons. The van der Waals surface area contributed by atoms with Crippen LogP contribution in [0.4, 0.5) is 5.69 Å². The summed E-state index contributed by atoms with van der Waals surface area (Å²) in [7, 11) is 0. The van der Waals surface area contributed by atoms with Crippen molar-refractivity contribution in [1.29, 1.82) is 0 Å². The molecular weight excluding hydrogens is 360 g/mol. The van der Waals surface area contributed by atoms with Gasteiger partial charge in [-0.2, -0.15) is 0 Å². The van der Waals surface area contributed by atoms with E-state index in [-0.39, 0.29) is 34.1 Å². The molecule has 28 heavy (non-hydrogen) atoms. The first-order chi connectivity index (χ1) is 13.6. The summed E-state index contributed by atoms with van der Waals surface area (Å²) in [5.41, 5.74) is 1.41. The summed E-state index contributed by atoms with van der Waals surface area (Å²) in [5.74, 6) is -1.91. The number of aromatic nitrogens is 1. The van der Waals surface area contributed by atoms with Crippen molar-refractivity contribution in [3.05, 3.63) is 88.7 Å². The van der Waals surface area contributed by atoms with Gasteiger partial charge in [-0.05, 0) is 18.2 Å². The number of H-pyrrole nitrogens is 1. The number of hydrogen-bond acceptors (Lipinski definition) is 5. The molecule has 0 atom stereocenters. The van der Waals surface area contributed by atoms with Crippen LogP contribution in [0.2, 0.25) is 0 Å². The minimum absolute atomic E-state index is 0.134. The van der Waals surface area contributed by atoms with Crippen molar-refractivity contribution < 1.29 is 23.9 Å². The Balaban J connectivity index is 1.55. The van der Waals surface area contributed by atoms with Gasteiger partial charge in [0.2, 0.25) is 0 Å². The van der Waals surface area contributed by atoms with Crippen molar-refractivity contribution in [2.45, 2.75) is 0 Å². The molecule has 0 radical (unpaired) electrons. The van der Waals surface area contributed by atoms with Gasteiger partial charge in [-0.3, -0.25) is 14.4 Å². The Kier molecular flexibility index (Phi) is 4.33. The number of aromatic amines is 1. The summed E-state index contributed by atoms with van der Waals surface area (Å²) in [6.45, 7) is -0.528. The molecule has 3 aromatic rings. The van der Waals surface area contributed by atoms with Gasteiger partial charge < -0.3 is 15.0 Å². The molecular formula is C21H14N2O5. The topological polar surface area (TPSA) is 105 Å². The van der Waals surface area contributed by atoms with Gasteiger partial charge in [0, 0.05) is 22.9 Å². The van der Waals surface area contributed by atoms with Gasteiger partial charge in [-0.1, -0.05) is 36.4 Å². The summed E-state index contributed by atoms with van der Waals surface area (Å²) >= 11 is 0. The maximum absolute atomic E-state index is 12.9. The van der Waals surface area contributed by atoms with Crippen LogP contribution in [0.5, 0.6) is 0 Å². The monoisotopic (exact) mass is 374 g/mol. The molecule has 0 bridgehead atoms. The van der Waals surface area contributed by atoms with E-state index < -0.39 is 18.5 Å². The number of carbonyl (C=O) groups excluding carboxylic acids is 4. The molecule has 4 rings (SSSR count). The maximum atomic E-state index is 12.9. The number of ether oxygens (including phenoxy) is 1. The third-order valence-electron chi connectivity index (χ3n) is 4.38. The number of rotatable bonds is 4. The van der Waals surface area contributed by atoms with Gasteiger partial charge in [-0.25, -0.2) is 4.79 Å². The molecule has 7 nitrogen and oxygen atoms in total. The molecule has 2 N–H and O–H groups in total. The molecule has 1 amide bonds. The lowest BCUT2D eigenvalue weighted by Crippen LogP contribution is -2.26. The van der Waals surface area contributed by atoms with Crippen LogP contribution in [0.25, 0.3) is 0 Å². The summed E-state index contributed by atoms with van der Waals surface area (Å²) in [6, 6.07) is 14.4. The number of benzene rings is 2. The molecule has 7 heteroatoms. The highest BCUT2D eigenvalue weighted by atomic mass is 16.5. The number of esters is 1. The van der Waals surface area contributed by atoms with Gasteiger partial charge in [0.05, 0.1) is 11.3 Å². The second kappa shape index (κ2) is 6.96. The van der Waals surface area contributed by atoms with Crippen molar-refractivity contribution in [3.63, 3.8) is 0 Å². The van der Waals surface area contributed by atoms with E-state index in [0.717, 1.165) is 0 Å². The molecule has 0 saturated heterocycles. The Morgan fingerprint density at radius 2 is 1.57 bits per heavy atom. The van der Waals surface area contributed by atoms with E-state index in [1.54, 1.807) is 48.7 Å². The van der Waals surface area contributed by atoms with E-state index in [1.165, 1.54) is 12.1 Å². The number of anilines is 1. The fraction of sp³-hybridized carbons (Fsp3) is 0.0476. The van der Waals surface area contributed by atoms with E-state index >= 15 is 0 Å². The number of amides is 1. The first-order valence-electron chi connectivity index (χ1n) is 8.48. The Bertz CT molecular complexity index is 1120. The minimum Gasteiger partial charge on any atom is -0.451 e. The molecule has 1 aromatic heterocycles. The second-order valence-electron chi connectivity index (χ2n) is 6.14. The van der Waals surface area contributed by atoms with Crippen LogP contribution in [-0.2, 0) is 9.53 Å². The van der Waals surface area contributed by atoms with Gasteiger partial charge in [0.25, 0.3) is 5.91 Å². The molecule has 0 fully saturated rings. The zero-order valence-electron chi connectivity index (χ0n) is 14.5. The minimum atomic E-state index is -0.671. The van der Waals surface area contributed by atoms with Crippen LogP contribution < -0.4 is 5.32 Å². The van der Waals surface area contributed by atoms with Crippen molar-refractivity contribution in [1.82, 2.24) is 4.98 Å². The molecule has 1 aliphatic rings. The Morgan fingerprint density at radius 1 is 0.857 bits per heavy atom. The standard InChI is InChI=1S/C21H14N2O5/c24-17(11-28-21(27)16-9-4-10-22-16)23-15-8-3-7-14-18(15)20(26)13-6-2-1-5-12(13)19(14)25/h1-10,22H,11H2,(H,23,24). The highest BCUT2D eigenvalue weighted by Crippen LogP contribution is 2.31. The number of ketones is 2.